The third-order valence-corrected chi connectivity index (χ3v) is 4.09. The Hall–Kier alpha value is -3.02. The van der Waals surface area contributed by atoms with Gasteiger partial charge in [-0.25, -0.2) is 0 Å². The van der Waals surface area contributed by atoms with E-state index in [1.807, 2.05) is 24.3 Å². The Labute approximate surface area is 152 Å². The molecule has 6 heteroatoms. The lowest BCUT2D eigenvalue weighted by molar-refractivity contribution is -0.121. The first kappa shape index (κ1) is 17.8. The maximum Gasteiger partial charge on any atom is 0.220 e. The molecule has 1 N–H and O–H groups in total. The molecule has 0 saturated carbocycles. The molecular weight excluding hydrogens is 334 g/mol. The Morgan fingerprint density at radius 1 is 1.08 bits per heavy atom. The average Bonchev–Trinajstić information content (AvgIpc) is 2.70. The van der Waals surface area contributed by atoms with E-state index >= 15 is 0 Å². The van der Waals surface area contributed by atoms with Crippen LogP contribution in [0.4, 0.5) is 0 Å². The molecule has 0 bridgehead atoms. The number of benzene rings is 2. The summed E-state index contributed by atoms with van der Waals surface area (Å²) in [5, 5.41) is 2.79. The minimum atomic E-state index is -0.244. The van der Waals surface area contributed by atoms with Crippen LogP contribution in [0.2, 0.25) is 0 Å². The molecule has 26 heavy (non-hydrogen) atoms. The number of hydrogen-bond acceptors (Lipinski definition) is 5. The second-order valence-corrected chi connectivity index (χ2v) is 5.95. The van der Waals surface area contributed by atoms with E-state index in [1.54, 1.807) is 31.4 Å². The molecule has 0 spiro atoms. The molecule has 0 fully saturated rings. The Kier molecular flexibility index (Phi) is 5.73. The number of ether oxygens (including phenoxy) is 3. The molecule has 2 aromatic rings. The van der Waals surface area contributed by atoms with E-state index in [0.717, 1.165) is 0 Å². The van der Waals surface area contributed by atoms with Crippen molar-refractivity contribution in [2.75, 3.05) is 20.3 Å². The normalized spacial score (nSPS) is 15.2. The molecule has 0 aromatic heterocycles. The SMILES string of the molecule is COc1ccc(C(=O)CCC(=O)NCC2COc3ccccc3O2)cc1. The number of methoxy groups -OCH3 is 1. The van der Waals surface area contributed by atoms with E-state index in [4.69, 9.17) is 14.2 Å². The maximum absolute atomic E-state index is 12.1. The minimum absolute atomic E-state index is 0.0750. The van der Waals surface area contributed by atoms with E-state index in [1.165, 1.54) is 0 Å². The van der Waals surface area contributed by atoms with Crippen molar-refractivity contribution < 1.29 is 23.8 Å². The molecule has 136 valence electrons. The summed E-state index contributed by atoms with van der Waals surface area (Å²) < 4.78 is 16.4. The second-order valence-electron chi connectivity index (χ2n) is 5.95. The first-order chi connectivity index (χ1) is 12.7. The Morgan fingerprint density at radius 2 is 1.81 bits per heavy atom. The van der Waals surface area contributed by atoms with Crippen LogP contribution in [0.3, 0.4) is 0 Å². The van der Waals surface area contributed by atoms with Crippen LogP contribution < -0.4 is 19.5 Å². The monoisotopic (exact) mass is 355 g/mol. The van der Waals surface area contributed by atoms with E-state index in [-0.39, 0.29) is 30.6 Å². The molecule has 1 amide bonds. The standard InChI is InChI=1S/C20H21NO5/c1-24-15-8-6-14(7-9-15)17(22)10-11-20(23)21-12-16-13-25-18-4-2-3-5-19(18)26-16/h2-9,16H,10-13H2,1H3,(H,21,23). The summed E-state index contributed by atoms with van der Waals surface area (Å²) in [7, 11) is 1.57. The van der Waals surface area contributed by atoms with Crippen LogP contribution in [-0.4, -0.2) is 38.1 Å². The fourth-order valence-corrected chi connectivity index (χ4v) is 2.63. The predicted octanol–water partition coefficient (Wildman–Crippen LogP) is 2.61. The van der Waals surface area contributed by atoms with Gasteiger partial charge in [-0.3, -0.25) is 9.59 Å². The van der Waals surface area contributed by atoms with Gasteiger partial charge in [0, 0.05) is 18.4 Å². The van der Waals surface area contributed by atoms with Gasteiger partial charge in [0.25, 0.3) is 0 Å². The number of amides is 1. The van der Waals surface area contributed by atoms with E-state index < -0.39 is 0 Å². The maximum atomic E-state index is 12.1. The smallest absolute Gasteiger partial charge is 0.220 e. The number of rotatable bonds is 7. The van der Waals surface area contributed by atoms with E-state index in [2.05, 4.69) is 5.32 Å². The summed E-state index contributed by atoms with van der Waals surface area (Å²) >= 11 is 0. The fourth-order valence-electron chi connectivity index (χ4n) is 2.63. The van der Waals surface area contributed by atoms with Crippen LogP contribution in [0.25, 0.3) is 0 Å². The zero-order chi connectivity index (χ0) is 18.4. The average molecular weight is 355 g/mol. The lowest BCUT2D eigenvalue weighted by Gasteiger charge is -2.26. The molecule has 1 unspecified atom stereocenters. The first-order valence-electron chi connectivity index (χ1n) is 8.48. The molecule has 0 radical (unpaired) electrons. The van der Waals surface area contributed by atoms with Gasteiger partial charge in [0.1, 0.15) is 18.5 Å². The van der Waals surface area contributed by atoms with Gasteiger partial charge >= 0.3 is 0 Å². The van der Waals surface area contributed by atoms with Crippen molar-refractivity contribution in [1.82, 2.24) is 5.32 Å². The topological polar surface area (TPSA) is 73.9 Å². The Balaban J connectivity index is 1.41. The van der Waals surface area contributed by atoms with Gasteiger partial charge in [-0.2, -0.15) is 0 Å². The highest BCUT2D eigenvalue weighted by molar-refractivity contribution is 5.98. The van der Waals surface area contributed by atoms with Gasteiger partial charge in [-0.05, 0) is 36.4 Å². The summed E-state index contributed by atoms with van der Waals surface area (Å²) in [5.41, 5.74) is 0.569. The van der Waals surface area contributed by atoms with Gasteiger partial charge in [0.15, 0.2) is 17.3 Å². The van der Waals surface area contributed by atoms with Gasteiger partial charge in [0.2, 0.25) is 5.91 Å². The summed E-state index contributed by atoms with van der Waals surface area (Å²) in [6.07, 6.45) is 0.0454. The molecule has 1 atom stereocenters. The van der Waals surface area contributed by atoms with E-state index in [9.17, 15) is 9.59 Å². The molecule has 1 heterocycles. The van der Waals surface area contributed by atoms with Gasteiger partial charge in [0.05, 0.1) is 13.7 Å². The Bertz CT molecular complexity index is 772. The second kappa shape index (κ2) is 8.38. The number of para-hydroxylation sites is 2. The number of Topliss-reactive ketones (excluding diaryl/α,β-unsaturated/α-hetero) is 1. The van der Waals surface area contributed by atoms with Crippen molar-refractivity contribution >= 4 is 11.7 Å². The highest BCUT2D eigenvalue weighted by atomic mass is 16.6. The number of hydrogen-bond donors (Lipinski definition) is 1. The summed E-state index contributed by atoms with van der Waals surface area (Å²) in [6.45, 7) is 0.714. The molecule has 0 aliphatic carbocycles. The predicted molar refractivity (Wildman–Crippen MR) is 95.9 cm³/mol. The first-order valence-corrected chi connectivity index (χ1v) is 8.48. The molecular formula is C20H21NO5. The molecule has 6 nitrogen and oxygen atoms in total. The van der Waals surface area contributed by atoms with Crippen LogP contribution in [0.1, 0.15) is 23.2 Å². The van der Waals surface area contributed by atoms with Crippen molar-refractivity contribution in [3.63, 3.8) is 0 Å². The highest BCUT2D eigenvalue weighted by Gasteiger charge is 2.21. The lowest BCUT2D eigenvalue weighted by Crippen LogP contribution is -2.40. The molecule has 3 rings (SSSR count). The van der Waals surface area contributed by atoms with Crippen LogP contribution in [0, 0.1) is 0 Å². The van der Waals surface area contributed by atoms with Crippen molar-refractivity contribution in [2.45, 2.75) is 18.9 Å². The highest BCUT2D eigenvalue weighted by Crippen LogP contribution is 2.30. The summed E-state index contributed by atoms with van der Waals surface area (Å²) in [5.74, 6) is 1.81. The van der Waals surface area contributed by atoms with Crippen LogP contribution in [-0.2, 0) is 4.79 Å². The number of nitrogens with one attached hydrogen (secondary N) is 1. The number of carbonyl (C=O) groups excluding carboxylic acids is 2. The fraction of sp³-hybridized carbons (Fsp3) is 0.300. The van der Waals surface area contributed by atoms with Crippen molar-refractivity contribution in [1.29, 1.82) is 0 Å². The molecule has 2 aromatic carbocycles. The van der Waals surface area contributed by atoms with E-state index in [0.29, 0.717) is 36.0 Å². The van der Waals surface area contributed by atoms with Crippen molar-refractivity contribution in [3.8, 4) is 17.2 Å². The zero-order valence-corrected chi connectivity index (χ0v) is 14.6. The Morgan fingerprint density at radius 3 is 2.54 bits per heavy atom. The number of carbonyl (C=O) groups is 2. The summed E-state index contributed by atoms with van der Waals surface area (Å²) in [4.78, 5) is 24.1. The number of ketones is 1. The largest absolute Gasteiger partial charge is 0.497 e. The number of fused-ring (bicyclic) bond motifs is 1. The van der Waals surface area contributed by atoms with Crippen LogP contribution >= 0.6 is 0 Å². The van der Waals surface area contributed by atoms with Crippen molar-refractivity contribution in [2.24, 2.45) is 0 Å². The third-order valence-electron chi connectivity index (χ3n) is 4.09. The van der Waals surface area contributed by atoms with Gasteiger partial charge in [-0.15, -0.1) is 0 Å². The van der Waals surface area contributed by atoms with Gasteiger partial charge in [-0.1, -0.05) is 12.1 Å². The van der Waals surface area contributed by atoms with Gasteiger partial charge < -0.3 is 19.5 Å². The quantitative estimate of drug-likeness (QED) is 0.773. The molecule has 1 aliphatic heterocycles. The molecule has 1 aliphatic rings. The third kappa shape index (κ3) is 4.53. The minimum Gasteiger partial charge on any atom is -0.497 e. The zero-order valence-electron chi connectivity index (χ0n) is 14.6. The van der Waals surface area contributed by atoms with Crippen LogP contribution in [0.15, 0.2) is 48.5 Å². The molecule has 0 saturated heterocycles. The van der Waals surface area contributed by atoms with Crippen molar-refractivity contribution in [3.05, 3.63) is 54.1 Å². The summed E-state index contributed by atoms with van der Waals surface area (Å²) in [6, 6.07) is 14.3. The van der Waals surface area contributed by atoms with Crippen LogP contribution in [0.5, 0.6) is 17.2 Å². The lowest BCUT2D eigenvalue weighted by atomic mass is 10.1.